The molecule has 1 rings (SSSR count). The van der Waals surface area contributed by atoms with Crippen LogP contribution < -0.4 is 0 Å². The molecule has 2 atom stereocenters. The molecule has 0 aliphatic heterocycles. The second-order valence-electron chi connectivity index (χ2n) is 9.37. The lowest BCUT2D eigenvalue weighted by Crippen LogP contribution is -2.43. The highest BCUT2D eigenvalue weighted by Crippen LogP contribution is 2.49. The number of rotatable bonds is 5. The van der Waals surface area contributed by atoms with Gasteiger partial charge in [0.25, 0.3) is 0 Å². The van der Waals surface area contributed by atoms with Crippen molar-refractivity contribution in [3.63, 3.8) is 0 Å². The van der Waals surface area contributed by atoms with Gasteiger partial charge in [0.2, 0.25) is 8.32 Å². The zero-order chi connectivity index (χ0) is 16.7. The van der Waals surface area contributed by atoms with Gasteiger partial charge in [-0.25, -0.2) is 0 Å². The predicted molar refractivity (Wildman–Crippen MR) is 97.9 cm³/mol. The molecule has 4 heteroatoms. The Kier molecular flexibility index (Phi) is 5.29. The molecule has 1 N–H and O–H groups in total. The minimum atomic E-state index is -1.81. The van der Waals surface area contributed by atoms with Crippen LogP contribution >= 0.6 is 0 Å². The molecule has 0 heterocycles. The van der Waals surface area contributed by atoms with E-state index in [2.05, 4.69) is 66.5 Å². The van der Waals surface area contributed by atoms with Crippen LogP contribution in [0.4, 0.5) is 0 Å². The van der Waals surface area contributed by atoms with Crippen molar-refractivity contribution in [2.45, 2.75) is 95.9 Å². The van der Waals surface area contributed by atoms with Gasteiger partial charge < -0.3 is 9.53 Å². The molecule has 0 bridgehead atoms. The molecular formula is C17H36O2Si2. The summed E-state index contributed by atoms with van der Waals surface area (Å²) in [7, 11) is -3.26. The van der Waals surface area contributed by atoms with E-state index >= 15 is 0 Å². The molecule has 1 aliphatic rings. The summed E-state index contributed by atoms with van der Waals surface area (Å²) in [6.07, 6.45) is 4.89. The average molecular weight is 329 g/mol. The molecule has 0 saturated heterocycles. The molecule has 0 radical (unpaired) electrons. The lowest BCUT2D eigenvalue weighted by Gasteiger charge is -2.38. The molecular weight excluding hydrogens is 292 g/mol. The average Bonchev–Trinajstić information content (AvgIpc) is 2.52. The van der Waals surface area contributed by atoms with Gasteiger partial charge in [-0.15, -0.1) is 0 Å². The van der Waals surface area contributed by atoms with Crippen LogP contribution in [0.5, 0.6) is 0 Å². The summed E-state index contributed by atoms with van der Waals surface area (Å²) in [5.74, 6) is 1.06. The van der Waals surface area contributed by atoms with Crippen molar-refractivity contribution < 1.29 is 9.53 Å². The van der Waals surface area contributed by atoms with Crippen molar-refractivity contribution in [3.05, 3.63) is 11.8 Å². The van der Waals surface area contributed by atoms with Crippen molar-refractivity contribution in [3.8, 4) is 0 Å². The van der Waals surface area contributed by atoms with E-state index in [0.717, 1.165) is 18.6 Å². The van der Waals surface area contributed by atoms with Gasteiger partial charge in [-0.05, 0) is 30.6 Å². The van der Waals surface area contributed by atoms with Gasteiger partial charge in [0.1, 0.15) is 0 Å². The van der Waals surface area contributed by atoms with Crippen LogP contribution in [0.1, 0.15) is 47.0 Å². The third-order valence-corrected chi connectivity index (χ3v) is 12.2. The van der Waals surface area contributed by atoms with Crippen LogP contribution in [0.15, 0.2) is 11.8 Å². The first-order valence-electron chi connectivity index (χ1n) is 8.35. The largest absolute Gasteiger partial charge is 0.547 e. The Morgan fingerprint density at radius 2 is 1.76 bits per heavy atom. The normalized spacial score (nSPS) is 27.7. The lowest BCUT2D eigenvalue weighted by molar-refractivity contribution is 0.0355. The first-order valence-corrected chi connectivity index (χ1v) is 14.8. The molecule has 0 fully saturated rings. The maximum Gasteiger partial charge on any atom is 0.250 e. The van der Waals surface area contributed by atoms with Crippen LogP contribution in [0, 0.1) is 0 Å². The van der Waals surface area contributed by atoms with E-state index in [9.17, 15) is 5.11 Å². The number of hydrogen-bond acceptors (Lipinski definition) is 2. The zero-order valence-corrected chi connectivity index (χ0v) is 17.6. The van der Waals surface area contributed by atoms with E-state index < -0.39 is 22.0 Å². The molecule has 2 nitrogen and oxygen atoms in total. The SMILES string of the molecule is CCC[C@@]1(O)CC(O[Si](C)(C)C(C)(C)C)=C[C@@H]1[Si](C)(C)C. The summed E-state index contributed by atoms with van der Waals surface area (Å²) in [6.45, 7) is 20.6. The van der Waals surface area contributed by atoms with Crippen LogP contribution in [-0.2, 0) is 4.43 Å². The Morgan fingerprint density at radius 3 is 2.14 bits per heavy atom. The fourth-order valence-electron chi connectivity index (χ4n) is 3.10. The Hall–Kier alpha value is -0.0662. The summed E-state index contributed by atoms with van der Waals surface area (Å²) in [5, 5.41) is 11.4. The summed E-state index contributed by atoms with van der Waals surface area (Å²) in [6, 6.07) is 0. The maximum absolute atomic E-state index is 11.2. The molecule has 0 aromatic carbocycles. The van der Waals surface area contributed by atoms with Crippen molar-refractivity contribution in [2.75, 3.05) is 0 Å². The highest BCUT2D eigenvalue weighted by molar-refractivity contribution is 6.78. The monoisotopic (exact) mass is 328 g/mol. The minimum Gasteiger partial charge on any atom is -0.547 e. The Morgan fingerprint density at radius 1 is 1.24 bits per heavy atom. The van der Waals surface area contributed by atoms with Crippen LogP contribution in [0.3, 0.4) is 0 Å². The van der Waals surface area contributed by atoms with Gasteiger partial charge in [-0.2, -0.15) is 0 Å². The molecule has 0 spiro atoms. The summed E-state index contributed by atoms with van der Waals surface area (Å²) in [4.78, 5) is 0. The molecule has 0 aromatic rings. The standard InChI is InChI=1S/C17H36O2Si2/c1-10-11-17(18)13-14(12-15(17)20(5,6)7)19-21(8,9)16(2,3)4/h12,15,18H,10-11,13H2,1-9H3/t15-,17+/m0/s1. The van der Waals surface area contributed by atoms with Gasteiger partial charge in [-0.1, -0.05) is 53.8 Å². The van der Waals surface area contributed by atoms with Gasteiger partial charge in [0.15, 0.2) is 0 Å². The van der Waals surface area contributed by atoms with Crippen molar-refractivity contribution in [1.82, 2.24) is 0 Å². The molecule has 1 aliphatic carbocycles. The second-order valence-corrected chi connectivity index (χ2v) is 19.4. The highest BCUT2D eigenvalue weighted by atomic mass is 28.4. The van der Waals surface area contributed by atoms with Gasteiger partial charge in [0.05, 0.1) is 19.4 Å². The molecule has 0 saturated carbocycles. The Labute approximate surface area is 134 Å². The molecule has 124 valence electrons. The fourth-order valence-corrected chi connectivity index (χ4v) is 6.74. The first kappa shape index (κ1) is 19.0. The smallest absolute Gasteiger partial charge is 0.250 e. The molecule has 0 aromatic heterocycles. The highest BCUT2D eigenvalue weighted by Gasteiger charge is 2.49. The summed E-state index contributed by atoms with van der Waals surface area (Å²) in [5.41, 5.74) is -0.263. The lowest BCUT2D eigenvalue weighted by atomic mass is 9.95. The number of aliphatic hydroxyl groups is 1. The van der Waals surface area contributed by atoms with Crippen molar-refractivity contribution in [2.24, 2.45) is 0 Å². The summed E-state index contributed by atoms with van der Waals surface area (Å²) < 4.78 is 6.49. The van der Waals surface area contributed by atoms with Crippen LogP contribution in [0.25, 0.3) is 0 Å². The van der Waals surface area contributed by atoms with E-state index in [0.29, 0.717) is 12.0 Å². The Bertz CT molecular complexity index is 402. The fraction of sp³-hybridized carbons (Fsp3) is 0.882. The van der Waals surface area contributed by atoms with E-state index in [1.54, 1.807) is 0 Å². The van der Waals surface area contributed by atoms with E-state index in [4.69, 9.17) is 4.43 Å². The third kappa shape index (κ3) is 4.23. The third-order valence-electron chi connectivity index (χ3n) is 5.22. The summed E-state index contributed by atoms with van der Waals surface area (Å²) >= 11 is 0. The minimum absolute atomic E-state index is 0.202. The molecule has 0 amide bonds. The zero-order valence-electron chi connectivity index (χ0n) is 15.6. The van der Waals surface area contributed by atoms with Gasteiger partial charge in [0, 0.05) is 12.0 Å². The van der Waals surface area contributed by atoms with E-state index in [1.807, 2.05) is 0 Å². The quantitative estimate of drug-likeness (QED) is 0.672. The molecule has 0 unspecified atom stereocenters. The van der Waals surface area contributed by atoms with Crippen molar-refractivity contribution >= 4 is 16.4 Å². The second kappa shape index (κ2) is 5.86. The van der Waals surface area contributed by atoms with Crippen LogP contribution in [-0.4, -0.2) is 27.1 Å². The van der Waals surface area contributed by atoms with Crippen LogP contribution in [0.2, 0.25) is 43.3 Å². The van der Waals surface area contributed by atoms with E-state index in [-0.39, 0.29) is 5.04 Å². The Balaban J connectivity index is 3.02. The topological polar surface area (TPSA) is 29.5 Å². The van der Waals surface area contributed by atoms with Crippen molar-refractivity contribution in [1.29, 1.82) is 0 Å². The van der Waals surface area contributed by atoms with Gasteiger partial charge >= 0.3 is 0 Å². The maximum atomic E-state index is 11.2. The molecule has 21 heavy (non-hydrogen) atoms. The van der Waals surface area contributed by atoms with Gasteiger partial charge in [-0.3, -0.25) is 0 Å². The first-order chi connectivity index (χ1) is 9.23. The number of hydrogen-bond donors (Lipinski definition) is 1. The van der Waals surface area contributed by atoms with E-state index in [1.165, 1.54) is 0 Å². The predicted octanol–water partition coefficient (Wildman–Crippen LogP) is 5.54.